The van der Waals surface area contributed by atoms with E-state index in [1.54, 1.807) is 20.3 Å². The number of aryl methyl sites for hydroxylation is 1. The monoisotopic (exact) mass is 355 g/mol. The molecule has 26 heavy (non-hydrogen) atoms. The molecule has 3 rings (SSSR count). The Balaban J connectivity index is 1.89. The van der Waals surface area contributed by atoms with Gasteiger partial charge in [0, 0.05) is 17.5 Å². The quantitative estimate of drug-likeness (QED) is 0.899. The SMILES string of the molecule is COc1ccc2c(c1)[C@H](NC(=O)c1ccc(OC)c(C)c1)CC(C)(C)O2. The van der Waals surface area contributed by atoms with Crippen LogP contribution in [0.2, 0.25) is 0 Å². The molecule has 0 unspecified atom stereocenters. The van der Waals surface area contributed by atoms with Crippen LogP contribution in [0.5, 0.6) is 17.2 Å². The standard InChI is InChI=1S/C21H25NO4/c1-13-10-14(6-8-18(13)25-5)20(23)22-17-12-21(2,3)26-19-9-7-15(24-4)11-16(17)19/h6-11,17H,12H2,1-5H3,(H,22,23)/t17-/m1/s1. The highest BCUT2D eigenvalue weighted by Crippen LogP contribution is 2.41. The van der Waals surface area contributed by atoms with Gasteiger partial charge in [0.25, 0.3) is 5.91 Å². The van der Waals surface area contributed by atoms with E-state index in [4.69, 9.17) is 14.2 Å². The summed E-state index contributed by atoms with van der Waals surface area (Å²) >= 11 is 0. The summed E-state index contributed by atoms with van der Waals surface area (Å²) in [7, 11) is 3.25. The molecule has 1 aliphatic heterocycles. The van der Waals surface area contributed by atoms with Crippen molar-refractivity contribution in [1.29, 1.82) is 0 Å². The summed E-state index contributed by atoms with van der Waals surface area (Å²) in [6.07, 6.45) is 0.675. The van der Waals surface area contributed by atoms with Gasteiger partial charge in [-0.1, -0.05) is 0 Å². The molecule has 0 spiro atoms. The topological polar surface area (TPSA) is 56.8 Å². The van der Waals surface area contributed by atoms with Gasteiger partial charge < -0.3 is 19.5 Å². The second kappa shape index (κ2) is 6.90. The maximum atomic E-state index is 12.8. The van der Waals surface area contributed by atoms with Gasteiger partial charge in [-0.2, -0.15) is 0 Å². The zero-order valence-electron chi connectivity index (χ0n) is 15.9. The Morgan fingerprint density at radius 1 is 1.15 bits per heavy atom. The maximum absolute atomic E-state index is 12.8. The third kappa shape index (κ3) is 3.62. The molecule has 1 N–H and O–H groups in total. The summed E-state index contributed by atoms with van der Waals surface area (Å²) in [5.41, 5.74) is 2.10. The molecule has 1 aliphatic rings. The molecule has 1 heterocycles. The molecule has 1 amide bonds. The van der Waals surface area contributed by atoms with Gasteiger partial charge in [0.1, 0.15) is 22.8 Å². The van der Waals surface area contributed by atoms with E-state index in [0.717, 1.165) is 28.4 Å². The van der Waals surface area contributed by atoms with Crippen LogP contribution >= 0.6 is 0 Å². The van der Waals surface area contributed by atoms with Gasteiger partial charge in [0.2, 0.25) is 0 Å². The fraction of sp³-hybridized carbons (Fsp3) is 0.381. The number of carbonyl (C=O) groups is 1. The lowest BCUT2D eigenvalue weighted by Crippen LogP contribution is -2.41. The van der Waals surface area contributed by atoms with Crippen molar-refractivity contribution < 1.29 is 19.0 Å². The number of carbonyl (C=O) groups excluding carboxylic acids is 1. The van der Waals surface area contributed by atoms with Gasteiger partial charge in [-0.05, 0) is 62.7 Å². The van der Waals surface area contributed by atoms with Crippen LogP contribution in [0.25, 0.3) is 0 Å². The smallest absolute Gasteiger partial charge is 0.251 e. The lowest BCUT2D eigenvalue weighted by molar-refractivity contribution is 0.0618. The van der Waals surface area contributed by atoms with E-state index < -0.39 is 0 Å². The number of hydrogen-bond acceptors (Lipinski definition) is 4. The molecule has 0 aliphatic carbocycles. The predicted octanol–water partition coefficient (Wildman–Crippen LogP) is 4.04. The second-order valence-corrected chi connectivity index (χ2v) is 7.18. The molecule has 1 atom stereocenters. The molecular formula is C21H25NO4. The van der Waals surface area contributed by atoms with Gasteiger partial charge in [-0.3, -0.25) is 4.79 Å². The van der Waals surface area contributed by atoms with Gasteiger partial charge in [0.15, 0.2) is 0 Å². The summed E-state index contributed by atoms with van der Waals surface area (Å²) in [6.45, 7) is 5.97. The molecule has 138 valence electrons. The normalized spacial score (nSPS) is 17.7. The summed E-state index contributed by atoms with van der Waals surface area (Å²) in [6, 6.07) is 11.0. The Kier molecular flexibility index (Phi) is 4.81. The third-order valence-electron chi connectivity index (χ3n) is 4.64. The fourth-order valence-corrected chi connectivity index (χ4v) is 3.35. The molecular weight excluding hydrogens is 330 g/mol. The first kappa shape index (κ1) is 18.1. The largest absolute Gasteiger partial charge is 0.497 e. The summed E-state index contributed by atoms with van der Waals surface area (Å²) in [5.74, 6) is 2.17. The molecule has 5 nitrogen and oxygen atoms in total. The number of ether oxygens (including phenoxy) is 3. The zero-order chi connectivity index (χ0) is 18.9. The van der Waals surface area contributed by atoms with E-state index >= 15 is 0 Å². The number of rotatable bonds is 4. The molecule has 0 radical (unpaired) electrons. The second-order valence-electron chi connectivity index (χ2n) is 7.18. The van der Waals surface area contributed by atoms with Crippen LogP contribution in [0.1, 0.15) is 47.8 Å². The Morgan fingerprint density at radius 2 is 1.92 bits per heavy atom. The highest BCUT2D eigenvalue weighted by Gasteiger charge is 2.35. The summed E-state index contributed by atoms with van der Waals surface area (Å²) < 4.78 is 16.7. The lowest BCUT2D eigenvalue weighted by Gasteiger charge is -2.38. The lowest BCUT2D eigenvalue weighted by atomic mass is 9.89. The van der Waals surface area contributed by atoms with Gasteiger partial charge in [-0.25, -0.2) is 0 Å². The number of benzene rings is 2. The van der Waals surface area contributed by atoms with E-state index in [1.807, 2.05) is 51.1 Å². The molecule has 0 saturated carbocycles. The first-order valence-electron chi connectivity index (χ1n) is 8.65. The fourth-order valence-electron chi connectivity index (χ4n) is 3.35. The Hall–Kier alpha value is -2.69. The van der Waals surface area contributed by atoms with Gasteiger partial charge in [-0.15, -0.1) is 0 Å². The van der Waals surface area contributed by atoms with E-state index in [-0.39, 0.29) is 17.6 Å². The zero-order valence-corrected chi connectivity index (χ0v) is 15.9. The van der Waals surface area contributed by atoms with Crippen molar-refractivity contribution in [3.05, 3.63) is 53.1 Å². The summed E-state index contributed by atoms with van der Waals surface area (Å²) in [5, 5.41) is 3.15. The van der Waals surface area contributed by atoms with Crippen molar-refractivity contribution >= 4 is 5.91 Å². The van der Waals surface area contributed by atoms with Crippen molar-refractivity contribution in [2.75, 3.05) is 14.2 Å². The highest BCUT2D eigenvalue weighted by molar-refractivity contribution is 5.95. The Morgan fingerprint density at radius 3 is 2.58 bits per heavy atom. The Labute approximate surface area is 154 Å². The highest BCUT2D eigenvalue weighted by atomic mass is 16.5. The maximum Gasteiger partial charge on any atom is 0.251 e. The predicted molar refractivity (Wildman–Crippen MR) is 100 cm³/mol. The minimum absolute atomic E-state index is 0.118. The number of fused-ring (bicyclic) bond motifs is 1. The number of amides is 1. The van der Waals surface area contributed by atoms with Crippen LogP contribution in [0.3, 0.4) is 0 Å². The minimum Gasteiger partial charge on any atom is -0.497 e. The average Bonchev–Trinajstić information content (AvgIpc) is 2.60. The van der Waals surface area contributed by atoms with Gasteiger partial charge >= 0.3 is 0 Å². The molecule has 2 aromatic rings. The Bertz CT molecular complexity index is 829. The van der Waals surface area contributed by atoms with E-state index in [1.165, 1.54) is 0 Å². The van der Waals surface area contributed by atoms with Gasteiger partial charge in [0.05, 0.1) is 20.3 Å². The summed E-state index contributed by atoms with van der Waals surface area (Å²) in [4.78, 5) is 12.8. The van der Waals surface area contributed by atoms with Crippen LogP contribution < -0.4 is 19.5 Å². The van der Waals surface area contributed by atoms with Crippen LogP contribution in [-0.4, -0.2) is 25.7 Å². The molecule has 0 saturated heterocycles. The molecule has 0 fully saturated rings. The van der Waals surface area contributed by atoms with E-state index in [2.05, 4.69) is 5.32 Å². The van der Waals surface area contributed by atoms with Crippen LogP contribution in [-0.2, 0) is 0 Å². The molecule has 5 heteroatoms. The van der Waals surface area contributed by atoms with Crippen molar-refractivity contribution in [1.82, 2.24) is 5.32 Å². The van der Waals surface area contributed by atoms with E-state index in [0.29, 0.717) is 12.0 Å². The van der Waals surface area contributed by atoms with Crippen LogP contribution in [0.15, 0.2) is 36.4 Å². The van der Waals surface area contributed by atoms with Crippen molar-refractivity contribution in [3.8, 4) is 17.2 Å². The van der Waals surface area contributed by atoms with Crippen molar-refractivity contribution in [3.63, 3.8) is 0 Å². The number of methoxy groups -OCH3 is 2. The van der Waals surface area contributed by atoms with Crippen molar-refractivity contribution in [2.24, 2.45) is 0 Å². The first-order chi connectivity index (χ1) is 12.3. The van der Waals surface area contributed by atoms with E-state index in [9.17, 15) is 4.79 Å². The van der Waals surface area contributed by atoms with Crippen molar-refractivity contribution in [2.45, 2.75) is 38.8 Å². The van der Waals surface area contributed by atoms with Crippen LogP contribution in [0.4, 0.5) is 0 Å². The molecule has 0 aromatic heterocycles. The molecule has 2 aromatic carbocycles. The number of hydrogen-bond donors (Lipinski definition) is 1. The number of nitrogens with one attached hydrogen (secondary N) is 1. The minimum atomic E-state index is -0.366. The third-order valence-corrected chi connectivity index (χ3v) is 4.64. The molecule has 0 bridgehead atoms. The first-order valence-corrected chi connectivity index (χ1v) is 8.65. The average molecular weight is 355 g/mol. The van der Waals surface area contributed by atoms with Crippen LogP contribution in [0, 0.1) is 6.92 Å².